The van der Waals surface area contributed by atoms with E-state index in [0.29, 0.717) is 38.7 Å². The van der Waals surface area contributed by atoms with E-state index in [2.05, 4.69) is 15.2 Å². The maximum atomic E-state index is 12.5. The van der Waals surface area contributed by atoms with Crippen molar-refractivity contribution in [1.82, 2.24) is 15.2 Å². The first-order valence-electron chi connectivity index (χ1n) is 7.85. The summed E-state index contributed by atoms with van der Waals surface area (Å²) in [6, 6.07) is 0. The largest absolute Gasteiger partial charge is 0.466 e. The van der Waals surface area contributed by atoms with E-state index < -0.39 is 5.97 Å². The minimum absolute atomic E-state index is 0.0262. The molecule has 2 aromatic heterocycles. The van der Waals surface area contributed by atoms with Crippen LogP contribution in [-0.2, 0) is 4.74 Å². The number of nitrogens with zero attached hydrogens (tertiary/aromatic N) is 2. The van der Waals surface area contributed by atoms with Gasteiger partial charge in [0.1, 0.15) is 0 Å². The summed E-state index contributed by atoms with van der Waals surface area (Å²) >= 11 is 2.60. The van der Waals surface area contributed by atoms with Crippen LogP contribution in [0.1, 0.15) is 52.9 Å². The molecule has 2 heterocycles. The van der Waals surface area contributed by atoms with Crippen LogP contribution in [0.5, 0.6) is 5.19 Å². The Bertz CT molecular complexity index is 768. The lowest BCUT2D eigenvalue weighted by atomic mass is 10.1. The summed E-state index contributed by atoms with van der Waals surface area (Å²) in [5, 5.41) is 8.42. The highest BCUT2D eigenvalue weighted by molar-refractivity contribution is 8.01. The van der Waals surface area contributed by atoms with Crippen LogP contribution in [0.25, 0.3) is 0 Å². The summed E-state index contributed by atoms with van der Waals surface area (Å²) in [5.74, 6) is -0.331. The molecule has 0 spiro atoms. The smallest absolute Gasteiger partial charge is 0.340 e. The number of hydrogen-bond acceptors (Lipinski definition) is 8. The van der Waals surface area contributed by atoms with Gasteiger partial charge in [-0.15, -0.1) is 5.10 Å². The zero-order valence-corrected chi connectivity index (χ0v) is 16.5. The highest BCUT2D eigenvalue weighted by atomic mass is 32.2. The third-order valence-electron chi connectivity index (χ3n) is 3.25. The lowest BCUT2D eigenvalue weighted by Gasteiger charge is -2.03. The van der Waals surface area contributed by atoms with Gasteiger partial charge in [-0.3, -0.25) is 4.79 Å². The molecule has 0 saturated carbocycles. The fourth-order valence-corrected chi connectivity index (χ4v) is 3.92. The Hall–Kier alpha value is -1.87. The maximum Gasteiger partial charge on any atom is 0.340 e. The minimum Gasteiger partial charge on any atom is -0.466 e. The van der Waals surface area contributed by atoms with E-state index in [4.69, 9.17) is 9.47 Å². The van der Waals surface area contributed by atoms with Crippen LogP contribution < -0.4 is 4.74 Å². The Morgan fingerprint density at radius 2 is 2.00 bits per heavy atom. The lowest BCUT2D eigenvalue weighted by molar-refractivity contribution is 0.0525. The van der Waals surface area contributed by atoms with E-state index in [1.165, 1.54) is 23.1 Å². The van der Waals surface area contributed by atoms with Gasteiger partial charge in [0.05, 0.1) is 29.7 Å². The van der Waals surface area contributed by atoms with Crippen molar-refractivity contribution in [3.05, 3.63) is 22.5 Å². The first kappa shape index (κ1) is 19.5. The number of rotatable bonds is 8. The Kier molecular flexibility index (Phi) is 6.60. The van der Waals surface area contributed by atoms with Gasteiger partial charge in [0.15, 0.2) is 10.1 Å². The van der Waals surface area contributed by atoms with E-state index in [1.807, 2.05) is 13.8 Å². The summed E-state index contributed by atoms with van der Waals surface area (Å²) in [6.07, 6.45) is 0.0262. The molecule has 0 unspecified atom stereocenters. The number of thioether (sulfide) groups is 1. The zero-order chi connectivity index (χ0) is 18.6. The number of Topliss-reactive ketones (excluding diaryl/α,β-unsaturated/α-hetero) is 1. The monoisotopic (exact) mass is 383 g/mol. The first-order chi connectivity index (χ1) is 11.8. The molecule has 0 radical (unpaired) electrons. The third-order valence-corrected chi connectivity index (χ3v) is 5.19. The molecular formula is C16H21N3O4S2. The number of esters is 1. The summed E-state index contributed by atoms with van der Waals surface area (Å²) in [5.41, 5.74) is 2.10. The molecule has 136 valence electrons. The second-order valence-corrected chi connectivity index (χ2v) is 7.72. The molecule has 0 bridgehead atoms. The van der Waals surface area contributed by atoms with Crippen LogP contribution in [0.2, 0.25) is 0 Å². The average molecular weight is 383 g/mol. The summed E-state index contributed by atoms with van der Waals surface area (Å²) in [4.78, 5) is 27.5. The molecule has 0 amide bonds. The van der Waals surface area contributed by atoms with Gasteiger partial charge in [-0.25, -0.2) is 4.79 Å². The molecule has 0 aliphatic heterocycles. The van der Waals surface area contributed by atoms with Gasteiger partial charge in [-0.2, -0.15) is 0 Å². The number of hydrogen-bond donors (Lipinski definition) is 1. The van der Waals surface area contributed by atoms with E-state index in [1.54, 1.807) is 20.8 Å². The van der Waals surface area contributed by atoms with Gasteiger partial charge >= 0.3 is 5.97 Å². The number of carbonyl (C=O) groups is 2. The molecule has 2 aromatic rings. The number of aryl methyl sites for hydroxylation is 1. The number of aromatic nitrogens is 3. The number of carbonyl (C=O) groups excluding carboxylic acids is 2. The molecule has 0 saturated heterocycles. The van der Waals surface area contributed by atoms with E-state index in [0.717, 1.165) is 0 Å². The second-order valence-electron chi connectivity index (χ2n) is 5.56. The highest BCUT2D eigenvalue weighted by Gasteiger charge is 2.23. The van der Waals surface area contributed by atoms with E-state index in [-0.39, 0.29) is 17.6 Å². The van der Waals surface area contributed by atoms with E-state index >= 15 is 0 Å². The molecule has 0 atom stereocenters. The Morgan fingerprint density at radius 3 is 2.64 bits per heavy atom. The van der Waals surface area contributed by atoms with Gasteiger partial charge < -0.3 is 14.5 Å². The van der Waals surface area contributed by atoms with Crippen molar-refractivity contribution in [2.75, 3.05) is 12.4 Å². The Balaban J connectivity index is 2.05. The van der Waals surface area contributed by atoms with Crippen LogP contribution >= 0.6 is 23.1 Å². The molecule has 0 aliphatic carbocycles. The molecule has 9 heteroatoms. The van der Waals surface area contributed by atoms with Gasteiger partial charge in [0, 0.05) is 5.69 Å². The summed E-state index contributed by atoms with van der Waals surface area (Å²) in [6.45, 7) is 9.36. The fourth-order valence-electron chi connectivity index (χ4n) is 2.24. The standard InChI is InChI=1S/C16H21N3O4S2/c1-6-22-14(21)12-9(4)13(17-10(12)5)11(20)7-24-16-19-18-15(25-16)23-8(2)3/h8,17H,6-7H2,1-5H3. The van der Waals surface area contributed by atoms with Crippen LogP contribution in [0.4, 0.5) is 0 Å². The molecule has 0 fully saturated rings. The number of aromatic amines is 1. The topological polar surface area (TPSA) is 94.2 Å². The molecular weight excluding hydrogens is 362 g/mol. The number of ketones is 1. The van der Waals surface area contributed by atoms with Crippen molar-refractivity contribution in [3.8, 4) is 5.19 Å². The third kappa shape index (κ3) is 4.82. The molecule has 25 heavy (non-hydrogen) atoms. The molecule has 0 aromatic carbocycles. The average Bonchev–Trinajstić information content (AvgIpc) is 3.08. The molecule has 0 aliphatic rings. The Labute approximate surface area is 154 Å². The molecule has 7 nitrogen and oxygen atoms in total. The predicted molar refractivity (Wildman–Crippen MR) is 97.0 cm³/mol. The first-order valence-corrected chi connectivity index (χ1v) is 9.66. The normalized spacial score (nSPS) is 11.0. The van der Waals surface area contributed by atoms with Crippen molar-refractivity contribution in [1.29, 1.82) is 0 Å². The number of nitrogens with one attached hydrogen (secondary N) is 1. The van der Waals surface area contributed by atoms with Crippen molar-refractivity contribution in [2.45, 2.75) is 45.1 Å². The molecule has 2 rings (SSSR count). The fraction of sp³-hybridized carbons (Fsp3) is 0.500. The zero-order valence-electron chi connectivity index (χ0n) is 14.8. The highest BCUT2D eigenvalue weighted by Crippen LogP contribution is 2.29. The lowest BCUT2D eigenvalue weighted by Crippen LogP contribution is -2.08. The Morgan fingerprint density at radius 1 is 1.28 bits per heavy atom. The summed E-state index contributed by atoms with van der Waals surface area (Å²) in [7, 11) is 0. The quantitative estimate of drug-likeness (QED) is 0.424. The van der Waals surface area contributed by atoms with Crippen molar-refractivity contribution in [3.63, 3.8) is 0 Å². The van der Waals surface area contributed by atoms with Crippen LogP contribution in [0.15, 0.2) is 4.34 Å². The van der Waals surface area contributed by atoms with E-state index in [9.17, 15) is 9.59 Å². The van der Waals surface area contributed by atoms with Crippen LogP contribution in [-0.4, -0.2) is 45.4 Å². The van der Waals surface area contributed by atoms with Gasteiger partial charge in [0.25, 0.3) is 5.19 Å². The number of H-pyrrole nitrogens is 1. The summed E-state index contributed by atoms with van der Waals surface area (Å²) < 4.78 is 11.2. The van der Waals surface area contributed by atoms with Crippen LogP contribution in [0.3, 0.4) is 0 Å². The van der Waals surface area contributed by atoms with Crippen molar-refractivity contribution in [2.24, 2.45) is 0 Å². The minimum atomic E-state index is -0.417. The maximum absolute atomic E-state index is 12.5. The van der Waals surface area contributed by atoms with Gasteiger partial charge in [0.2, 0.25) is 0 Å². The SMILES string of the molecule is CCOC(=O)c1c(C)[nH]c(C(=O)CSc2nnc(OC(C)C)s2)c1C. The van der Waals surface area contributed by atoms with Gasteiger partial charge in [-0.05, 0) is 51.5 Å². The molecule has 1 N–H and O–H groups in total. The van der Waals surface area contributed by atoms with Gasteiger partial charge in [-0.1, -0.05) is 16.9 Å². The van der Waals surface area contributed by atoms with Crippen molar-refractivity contribution < 1.29 is 19.1 Å². The van der Waals surface area contributed by atoms with Crippen molar-refractivity contribution >= 4 is 34.9 Å². The number of ether oxygens (including phenoxy) is 2. The second kappa shape index (κ2) is 8.48. The predicted octanol–water partition coefficient (Wildman–Crippen LogP) is 3.42. The van der Waals surface area contributed by atoms with Crippen LogP contribution in [0, 0.1) is 13.8 Å².